The van der Waals surface area contributed by atoms with Crippen molar-refractivity contribution in [1.29, 1.82) is 0 Å². The molecule has 7 aromatic carbocycles. The molecule has 0 atom stereocenters. The third kappa shape index (κ3) is 7.30. The number of azo groups is 1. The van der Waals surface area contributed by atoms with Crippen molar-refractivity contribution in [2.24, 2.45) is 10.2 Å². The van der Waals surface area contributed by atoms with Gasteiger partial charge in [-0.3, -0.25) is 28.7 Å². The number of hydrogen-bond acceptors (Lipinski definition) is 11. The zero-order valence-corrected chi connectivity index (χ0v) is 37.2. The maximum absolute atomic E-state index is 12.6. The van der Waals surface area contributed by atoms with Gasteiger partial charge in [-0.1, -0.05) is 60.7 Å². The fraction of sp³-hybridized carbons (Fsp3) is 0.0476. The largest absolute Gasteiger partial charge is 0.295 e. The van der Waals surface area contributed by atoms with E-state index in [0.29, 0.717) is 27.5 Å². The van der Waals surface area contributed by atoms with Gasteiger partial charge in [-0.05, 0) is 102 Å². The Morgan fingerprint density at radius 1 is 0.576 bits per heavy atom. The summed E-state index contributed by atoms with van der Waals surface area (Å²) < 4.78 is 141. The van der Waals surface area contributed by atoms with Gasteiger partial charge in [0.25, 0.3) is 40.5 Å². The molecule has 0 spiro atoms. The molecular formula is C42H32N8O12S4. The summed E-state index contributed by atoms with van der Waals surface area (Å²) >= 11 is 0. The molecule has 0 aliphatic heterocycles. The molecule has 336 valence electrons. The second-order valence-corrected chi connectivity index (χ2v) is 21.0. The monoisotopic (exact) mass is 968 g/mol. The van der Waals surface area contributed by atoms with E-state index in [0.717, 1.165) is 45.4 Å². The van der Waals surface area contributed by atoms with E-state index in [-0.39, 0.29) is 37.7 Å². The van der Waals surface area contributed by atoms with Gasteiger partial charge in [0.2, 0.25) is 0 Å². The molecule has 3 aromatic heterocycles. The number of rotatable bonds is 11. The van der Waals surface area contributed by atoms with Crippen LogP contribution in [-0.2, 0) is 40.5 Å². The van der Waals surface area contributed by atoms with Crippen LogP contribution in [0.2, 0.25) is 0 Å². The minimum Gasteiger partial charge on any atom is -0.282 e. The van der Waals surface area contributed by atoms with Crippen molar-refractivity contribution < 1.29 is 51.9 Å². The van der Waals surface area contributed by atoms with E-state index < -0.39 is 50.3 Å². The fourth-order valence-electron chi connectivity index (χ4n) is 8.01. The van der Waals surface area contributed by atoms with Crippen LogP contribution in [0.4, 0.5) is 17.1 Å². The molecule has 0 saturated heterocycles. The summed E-state index contributed by atoms with van der Waals surface area (Å²) in [6.07, 6.45) is 2.48. The van der Waals surface area contributed by atoms with Gasteiger partial charge in [0.05, 0.1) is 33.2 Å². The Hall–Kier alpha value is -7.16. The summed E-state index contributed by atoms with van der Waals surface area (Å²) in [5, 5.41) is 13.6. The fourth-order valence-corrected chi connectivity index (χ4v) is 10.7. The van der Waals surface area contributed by atoms with Crippen molar-refractivity contribution in [3.05, 3.63) is 131 Å². The minimum atomic E-state index is -4.87. The molecule has 0 bridgehead atoms. The molecule has 0 unspecified atom stereocenters. The number of fused-ring (bicyclic) bond motifs is 9. The normalized spacial score (nSPS) is 13.4. The van der Waals surface area contributed by atoms with Crippen LogP contribution in [0.15, 0.2) is 139 Å². The molecule has 0 aliphatic rings. The highest BCUT2D eigenvalue weighted by atomic mass is 32.2. The molecule has 66 heavy (non-hydrogen) atoms. The number of benzene rings is 7. The summed E-state index contributed by atoms with van der Waals surface area (Å²) in [6.45, 7) is 3.70. The SMILES string of the molecule is Cc1cc(-n2n3c4ccc5cc(S(=O)(=O)O)ccc5c4n23)c(C)cc1N=Nc1ccc(C=Cc2ccc(Nn3[nH]c4cc(S(=O)(=O)O)c5ccccc5c43)cc2S(=O)(=O)O)c(S(=O)(=O)O)c1. The summed E-state index contributed by atoms with van der Waals surface area (Å²) in [5.41, 5.74) is 8.52. The summed E-state index contributed by atoms with van der Waals surface area (Å²) in [5.74, 6) is 0. The molecule has 24 heteroatoms. The van der Waals surface area contributed by atoms with Crippen molar-refractivity contribution >= 4 is 113 Å². The van der Waals surface area contributed by atoms with Crippen molar-refractivity contribution in [3.8, 4) is 5.69 Å². The number of aryl methyl sites for hydroxylation is 2. The first-order valence-corrected chi connectivity index (χ1v) is 25.1. The molecule has 3 heterocycles. The number of hydrogen-bond donors (Lipinski definition) is 6. The van der Waals surface area contributed by atoms with Crippen LogP contribution in [0.5, 0.6) is 0 Å². The zero-order valence-electron chi connectivity index (χ0n) is 33.9. The summed E-state index contributed by atoms with van der Waals surface area (Å²) in [6, 6.07) is 27.3. The lowest BCUT2D eigenvalue weighted by atomic mass is 10.1. The van der Waals surface area contributed by atoms with Crippen molar-refractivity contribution in [2.75, 3.05) is 5.43 Å². The van der Waals surface area contributed by atoms with Crippen LogP contribution in [0.25, 0.3) is 61.5 Å². The highest BCUT2D eigenvalue weighted by molar-refractivity contribution is 7.86. The maximum atomic E-state index is 12.6. The average Bonchev–Trinajstić information content (AvgIpc) is 3.88. The van der Waals surface area contributed by atoms with Crippen LogP contribution in [-0.4, -0.2) is 75.8 Å². The number of aromatic nitrogens is 5. The van der Waals surface area contributed by atoms with Gasteiger partial charge in [-0.25, -0.2) is 0 Å². The number of nitrogens with zero attached hydrogens (tertiary/aromatic N) is 6. The van der Waals surface area contributed by atoms with Gasteiger partial charge in [-0.15, -0.1) is 9.26 Å². The summed E-state index contributed by atoms with van der Waals surface area (Å²) in [4.78, 5) is 1.70. The average molecular weight is 969 g/mol. The quantitative estimate of drug-likeness (QED) is 0.0406. The maximum Gasteiger partial charge on any atom is 0.295 e. The van der Waals surface area contributed by atoms with E-state index in [1.807, 2.05) is 40.0 Å². The molecule has 0 saturated carbocycles. The van der Waals surface area contributed by atoms with E-state index in [1.54, 1.807) is 36.4 Å². The van der Waals surface area contributed by atoms with Crippen LogP contribution < -0.4 is 5.43 Å². The molecule has 0 aliphatic carbocycles. The highest BCUT2D eigenvalue weighted by Gasteiger charge is 2.28. The number of aromatic amines is 1. The third-order valence-corrected chi connectivity index (χ3v) is 14.7. The van der Waals surface area contributed by atoms with Crippen molar-refractivity contribution in [3.63, 3.8) is 0 Å². The topological polar surface area (TPSA) is 289 Å². The Morgan fingerprint density at radius 2 is 1.24 bits per heavy atom. The second-order valence-electron chi connectivity index (χ2n) is 15.4. The van der Waals surface area contributed by atoms with E-state index >= 15 is 0 Å². The van der Waals surface area contributed by atoms with Crippen LogP contribution in [0, 0.1) is 13.8 Å². The lowest BCUT2D eigenvalue weighted by molar-refractivity contribution is 0.480. The molecule has 10 rings (SSSR count). The predicted molar refractivity (Wildman–Crippen MR) is 244 cm³/mol. The van der Waals surface area contributed by atoms with Gasteiger partial charge in [0.15, 0.2) is 0 Å². The molecule has 6 N–H and O–H groups in total. The zero-order chi connectivity index (χ0) is 46.8. The Bertz CT molecular complexity index is 4230. The molecule has 20 nitrogen and oxygen atoms in total. The van der Waals surface area contributed by atoms with Gasteiger partial charge >= 0.3 is 0 Å². The smallest absolute Gasteiger partial charge is 0.282 e. The molecule has 0 fully saturated rings. The molecular weight excluding hydrogens is 937 g/mol. The van der Waals surface area contributed by atoms with Crippen molar-refractivity contribution in [2.45, 2.75) is 33.4 Å². The van der Waals surface area contributed by atoms with Gasteiger partial charge in [0.1, 0.15) is 31.2 Å². The lowest BCUT2D eigenvalue weighted by Gasteiger charge is -2.21. The predicted octanol–water partition coefficient (Wildman–Crippen LogP) is 8.07. The lowest BCUT2D eigenvalue weighted by Crippen LogP contribution is -2.20. The van der Waals surface area contributed by atoms with E-state index in [4.69, 9.17) is 0 Å². The number of anilines is 1. The first-order valence-electron chi connectivity index (χ1n) is 19.3. The molecule has 0 radical (unpaired) electrons. The highest BCUT2D eigenvalue weighted by Crippen LogP contribution is 2.37. The standard InChI is InChI=1S/C42H32N8O12S4/c1-23-18-37(49-48-36-16-11-27-19-30(63(51,52)53)14-15-31(27)42(36)50(48)49)24(2)17-34(23)44-43-28-12-9-25(38(20-28)64(54,55)56)7-8-26-10-13-29(21-39(26)65(57,58)59)45-47-41-33-6-4-3-5-32(33)40(66(60,61)62)22-35(41)46-47/h3-22,45-46H,1-2H3,(H,51,52,53)(H,54,55,56)(H,57,58,59)(H,60,61,62). The Labute approximate surface area is 373 Å². The summed E-state index contributed by atoms with van der Waals surface area (Å²) in [7, 11) is -18.7. The number of nitrogens with one attached hydrogen (secondary N) is 2. The van der Waals surface area contributed by atoms with E-state index in [1.165, 1.54) is 65.5 Å². The Balaban J connectivity index is 0.911. The van der Waals surface area contributed by atoms with Gasteiger partial charge in [-0.2, -0.15) is 53.5 Å². The van der Waals surface area contributed by atoms with Gasteiger partial charge < -0.3 is 0 Å². The second kappa shape index (κ2) is 14.7. The first-order chi connectivity index (χ1) is 31.1. The molecule has 0 amide bonds. The van der Waals surface area contributed by atoms with Crippen LogP contribution in [0.3, 0.4) is 0 Å². The van der Waals surface area contributed by atoms with Crippen molar-refractivity contribution in [1.82, 2.24) is 23.9 Å². The van der Waals surface area contributed by atoms with Crippen LogP contribution in [0.1, 0.15) is 22.3 Å². The first kappa shape index (κ1) is 42.8. The third-order valence-electron chi connectivity index (χ3n) is 11.1. The molecule has 10 aromatic rings. The van der Waals surface area contributed by atoms with E-state index in [2.05, 4.69) is 20.8 Å². The van der Waals surface area contributed by atoms with Gasteiger partial charge in [0, 0.05) is 16.2 Å². The number of H-pyrrole nitrogens is 1. The Kier molecular flexibility index (Phi) is 9.51. The van der Waals surface area contributed by atoms with Crippen LogP contribution >= 0.6 is 0 Å². The van der Waals surface area contributed by atoms with E-state index in [9.17, 15) is 51.9 Å². The Morgan fingerprint density at radius 3 is 1.92 bits per heavy atom. The minimum absolute atomic E-state index is 0.0420.